The van der Waals surface area contributed by atoms with E-state index < -0.39 is 11.6 Å². The highest BCUT2D eigenvalue weighted by Crippen LogP contribution is 2.30. The Bertz CT molecular complexity index is 840. The van der Waals surface area contributed by atoms with E-state index in [9.17, 15) is 8.78 Å². The topological polar surface area (TPSA) is 26.5 Å². The first-order valence-corrected chi connectivity index (χ1v) is 7.28. The fourth-order valence-corrected chi connectivity index (χ4v) is 2.41. The van der Waals surface area contributed by atoms with Gasteiger partial charge in [-0.3, -0.25) is 0 Å². The fourth-order valence-electron chi connectivity index (χ4n) is 2.41. The van der Waals surface area contributed by atoms with Crippen molar-refractivity contribution in [2.45, 2.75) is 12.8 Å². The van der Waals surface area contributed by atoms with Crippen molar-refractivity contribution in [2.75, 3.05) is 6.61 Å². The molecule has 0 unspecified atom stereocenters. The molecule has 2 aromatic heterocycles. The van der Waals surface area contributed by atoms with E-state index in [1.165, 1.54) is 29.5 Å². The van der Waals surface area contributed by atoms with Crippen molar-refractivity contribution < 1.29 is 13.5 Å². The summed E-state index contributed by atoms with van der Waals surface area (Å²) in [6.45, 7) is 0.676. The van der Waals surface area contributed by atoms with Crippen molar-refractivity contribution in [3.8, 4) is 17.0 Å². The van der Waals surface area contributed by atoms with Gasteiger partial charge in [0.2, 0.25) is 0 Å². The Kier molecular flexibility index (Phi) is 3.06. The van der Waals surface area contributed by atoms with Crippen LogP contribution in [-0.4, -0.2) is 16.2 Å². The molecule has 1 saturated carbocycles. The number of aromatic nitrogens is 2. The van der Waals surface area contributed by atoms with Crippen LogP contribution in [0.1, 0.15) is 12.8 Å². The first kappa shape index (κ1) is 13.2. The number of benzene rings is 1. The molecule has 0 radical (unpaired) electrons. The van der Waals surface area contributed by atoms with E-state index in [4.69, 9.17) is 4.74 Å². The van der Waals surface area contributed by atoms with Gasteiger partial charge in [0.15, 0.2) is 5.82 Å². The summed E-state index contributed by atoms with van der Waals surface area (Å²) in [6, 6.07) is 9.36. The van der Waals surface area contributed by atoms with Gasteiger partial charge < -0.3 is 4.74 Å². The molecular formula is C17H14F2N2O. The molecule has 4 rings (SSSR count). The third kappa shape index (κ3) is 2.32. The van der Waals surface area contributed by atoms with Gasteiger partial charge >= 0.3 is 0 Å². The van der Waals surface area contributed by atoms with Crippen LogP contribution in [0.3, 0.4) is 0 Å². The maximum Gasteiger partial charge on any atom is 0.176 e. The SMILES string of the molecule is Fc1ccccc1-c1nn2cc(OCC3CC3)ccc2c1F. The maximum absolute atomic E-state index is 14.5. The number of pyridine rings is 1. The summed E-state index contributed by atoms with van der Waals surface area (Å²) in [5, 5.41) is 4.17. The molecule has 5 heteroatoms. The van der Waals surface area contributed by atoms with Crippen molar-refractivity contribution in [1.82, 2.24) is 9.61 Å². The minimum atomic E-state index is -0.529. The minimum absolute atomic E-state index is 0.0115. The van der Waals surface area contributed by atoms with Gasteiger partial charge in [0.1, 0.15) is 22.8 Å². The number of halogens is 2. The molecular weight excluding hydrogens is 286 g/mol. The molecule has 3 aromatic rings. The standard InChI is InChI=1S/C17H14F2N2O/c18-14-4-2-1-3-13(14)17-16(19)15-8-7-12(9-21(15)20-17)22-10-11-5-6-11/h1-4,7-9,11H,5-6,10H2. The summed E-state index contributed by atoms with van der Waals surface area (Å²) in [7, 11) is 0. The molecule has 0 bridgehead atoms. The van der Waals surface area contributed by atoms with Crippen LogP contribution >= 0.6 is 0 Å². The lowest BCUT2D eigenvalue weighted by atomic mass is 10.1. The molecule has 112 valence electrons. The van der Waals surface area contributed by atoms with Gasteiger partial charge in [-0.25, -0.2) is 13.3 Å². The van der Waals surface area contributed by atoms with Crippen LogP contribution in [0, 0.1) is 17.6 Å². The van der Waals surface area contributed by atoms with Crippen LogP contribution in [0.2, 0.25) is 0 Å². The summed E-state index contributed by atoms with van der Waals surface area (Å²) in [4.78, 5) is 0. The lowest BCUT2D eigenvalue weighted by Gasteiger charge is -2.04. The van der Waals surface area contributed by atoms with Crippen LogP contribution in [0.4, 0.5) is 8.78 Å². The summed E-state index contributed by atoms with van der Waals surface area (Å²) in [6.07, 6.45) is 4.04. The Labute approximate surface area is 126 Å². The van der Waals surface area contributed by atoms with E-state index in [-0.39, 0.29) is 11.3 Å². The predicted molar refractivity (Wildman–Crippen MR) is 78.8 cm³/mol. The Morgan fingerprint density at radius 1 is 1.14 bits per heavy atom. The first-order valence-electron chi connectivity index (χ1n) is 7.28. The minimum Gasteiger partial charge on any atom is -0.492 e. The third-order valence-electron chi connectivity index (χ3n) is 3.85. The van der Waals surface area contributed by atoms with Gasteiger partial charge in [0.25, 0.3) is 0 Å². The highest BCUT2D eigenvalue weighted by molar-refractivity contribution is 5.68. The van der Waals surface area contributed by atoms with Gasteiger partial charge in [0, 0.05) is 5.56 Å². The van der Waals surface area contributed by atoms with E-state index in [1.54, 1.807) is 30.5 Å². The zero-order valence-corrected chi connectivity index (χ0v) is 11.8. The van der Waals surface area contributed by atoms with Crippen molar-refractivity contribution in [3.63, 3.8) is 0 Å². The maximum atomic E-state index is 14.5. The average molecular weight is 300 g/mol. The van der Waals surface area contributed by atoms with Crippen LogP contribution in [-0.2, 0) is 0 Å². The molecule has 0 aliphatic heterocycles. The lowest BCUT2D eigenvalue weighted by Crippen LogP contribution is -2.00. The van der Waals surface area contributed by atoms with Gasteiger partial charge in [-0.05, 0) is 43.0 Å². The first-order chi connectivity index (χ1) is 10.7. The molecule has 1 aliphatic rings. The highest BCUT2D eigenvalue weighted by atomic mass is 19.1. The smallest absolute Gasteiger partial charge is 0.176 e. The molecule has 0 saturated heterocycles. The Balaban J connectivity index is 1.73. The molecule has 1 aromatic carbocycles. The van der Waals surface area contributed by atoms with E-state index >= 15 is 0 Å². The van der Waals surface area contributed by atoms with E-state index in [1.807, 2.05) is 0 Å². The molecule has 1 aliphatic carbocycles. The number of nitrogens with zero attached hydrogens (tertiary/aromatic N) is 2. The van der Waals surface area contributed by atoms with Crippen LogP contribution in [0.5, 0.6) is 5.75 Å². The summed E-state index contributed by atoms with van der Waals surface area (Å²) < 4.78 is 35.4. The molecule has 1 fully saturated rings. The molecule has 0 atom stereocenters. The van der Waals surface area contributed by atoms with E-state index in [0.717, 1.165) is 0 Å². The van der Waals surface area contributed by atoms with Gasteiger partial charge in [-0.15, -0.1) is 0 Å². The zero-order chi connectivity index (χ0) is 15.1. The van der Waals surface area contributed by atoms with E-state index in [0.29, 0.717) is 23.8 Å². The summed E-state index contributed by atoms with van der Waals surface area (Å²) >= 11 is 0. The quantitative estimate of drug-likeness (QED) is 0.726. The Morgan fingerprint density at radius 3 is 2.73 bits per heavy atom. The van der Waals surface area contributed by atoms with Gasteiger partial charge in [-0.2, -0.15) is 5.10 Å². The largest absolute Gasteiger partial charge is 0.492 e. The number of rotatable bonds is 4. The third-order valence-corrected chi connectivity index (χ3v) is 3.85. The van der Waals surface area contributed by atoms with Gasteiger partial charge in [-0.1, -0.05) is 12.1 Å². The zero-order valence-electron chi connectivity index (χ0n) is 11.8. The normalized spacial score (nSPS) is 14.5. The summed E-state index contributed by atoms with van der Waals surface area (Å²) in [5.74, 6) is 0.259. The number of hydrogen-bond donors (Lipinski definition) is 0. The van der Waals surface area contributed by atoms with Crippen molar-refractivity contribution >= 4 is 5.52 Å². The summed E-state index contributed by atoms with van der Waals surface area (Å²) in [5.41, 5.74) is 0.471. The molecule has 22 heavy (non-hydrogen) atoms. The van der Waals surface area contributed by atoms with Crippen molar-refractivity contribution in [3.05, 3.63) is 54.2 Å². The second-order valence-electron chi connectivity index (χ2n) is 5.59. The monoisotopic (exact) mass is 300 g/mol. The number of ether oxygens (including phenoxy) is 1. The van der Waals surface area contributed by atoms with Gasteiger partial charge in [0.05, 0.1) is 12.8 Å². The second-order valence-corrected chi connectivity index (χ2v) is 5.59. The predicted octanol–water partition coefficient (Wildman–Crippen LogP) is 4.07. The fraction of sp³-hybridized carbons (Fsp3) is 0.235. The van der Waals surface area contributed by atoms with Crippen LogP contribution < -0.4 is 4.74 Å². The van der Waals surface area contributed by atoms with Crippen molar-refractivity contribution in [2.24, 2.45) is 5.92 Å². The van der Waals surface area contributed by atoms with Crippen LogP contribution in [0.25, 0.3) is 16.8 Å². The lowest BCUT2D eigenvalue weighted by molar-refractivity contribution is 0.298. The second kappa shape index (κ2) is 5.09. The van der Waals surface area contributed by atoms with Crippen molar-refractivity contribution in [1.29, 1.82) is 0 Å². The number of hydrogen-bond acceptors (Lipinski definition) is 2. The molecule has 2 heterocycles. The Morgan fingerprint density at radius 2 is 1.95 bits per heavy atom. The Hall–Kier alpha value is -2.43. The molecule has 0 spiro atoms. The van der Waals surface area contributed by atoms with E-state index in [2.05, 4.69) is 5.10 Å². The molecule has 0 amide bonds. The highest BCUT2D eigenvalue weighted by Gasteiger charge is 2.22. The molecule has 0 N–H and O–H groups in total. The number of fused-ring (bicyclic) bond motifs is 1. The molecule has 3 nitrogen and oxygen atoms in total. The van der Waals surface area contributed by atoms with Crippen LogP contribution in [0.15, 0.2) is 42.6 Å². The average Bonchev–Trinajstić information content (AvgIpc) is 3.30.